The highest BCUT2D eigenvalue weighted by Gasteiger charge is 2.18. The van der Waals surface area contributed by atoms with Crippen LogP contribution in [0.5, 0.6) is 0 Å². The largest absolute Gasteiger partial charge is 0.338 e. The fourth-order valence-corrected chi connectivity index (χ4v) is 3.92. The summed E-state index contributed by atoms with van der Waals surface area (Å²) in [5, 5.41) is 3.27. The van der Waals surface area contributed by atoms with Crippen LogP contribution in [0.25, 0.3) is 0 Å². The van der Waals surface area contributed by atoms with E-state index < -0.39 is 0 Å². The summed E-state index contributed by atoms with van der Waals surface area (Å²) in [6.45, 7) is 5.92. The predicted molar refractivity (Wildman–Crippen MR) is 117 cm³/mol. The SMILES string of the molecule is CCc1nc(Nc2cc(Sc3ccccc3)ccn2)nc(N2CCN(C)CC2)n1. The molecule has 0 atom stereocenters. The first-order chi connectivity index (χ1) is 14.2. The Kier molecular flexibility index (Phi) is 6.21. The second kappa shape index (κ2) is 9.19. The minimum Gasteiger partial charge on any atom is -0.338 e. The summed E-state index contributed by atoms with van der Waals surface area (Å²) in [7, 11) is 2.14. The zero-order valence-corrected chi connectivity index (χ0v) is 17.6. The molecule has 0 unspecified atom stereocenters. The van der Waals surface area contributed by atoms with Crippen LogP contribution in [0.3, 0.4) is 0 Å². The maximum Gasteiger partial charge on any atom is 0.233 e. The van der Waals surface area contributed by atoms with Gasteiger partial charge in [0.15, 0.2) is 0 Å². The maximum atomic E-state index is 4.67. The Bertz CT molecular complexity index is 943. The van der Waals surface area contributed by atoms with Gasteiger partial charge in [-0.05, 0) is 31.3 Å². The Morgan fingerprint density at radius 3 is 2.52 bits per heavy atom. The third kappa shape index (κ3) is 5.21. The Balaban J connectivity index is 1.53. The second-order valence-electron chi connectivity index (χ2n) is 6.94. The van der Waals surface area contributed by atoms with E-state index in [9.17, 15) is 0 Å². The molecule has 1 aliphatic rings. The molecule has 1 N–H and O–H groups in total. The molecular weight excluding hydrogens is 382 g/mol. The number of benzene rings is 1. The molecule has 29 heavy (non-hydrogen) atoms. The fraction of sp³-hybridized carbons (Fsp3) is 0.333. The summed E-state index contributed by atoms with van der Waals surface area (Å²) in [5.41, 5.74) is 0. The molecule has 7 nitrogen and oxygen atoms in total. The van der Waals surface area contributed by atoms with Gasteiger partial charge in [0.05, 0.1) is 0 Å². The molecule has 2 aromatic heterocycles. The van der Waals surface area contributed by atoms with Gasteiger partial charge in [-0.25, -0.2) is 4.98 Å². The molecule has 1 saturated heterocycles. The quantitative estimate of drug-likeness (QED) is 0.666. The van der Waals surface area contributed by atoms with Crippen LogP contribution in [0.1, 0.15) is 12.7 Å². The Hall–Kier alpha value is -2.71. The van der Waals surface area contributed by atoms with Crippen LogP contribution >= 0.6 is 11.8 Å². The standard InChI is InChI=1S/C21H25N7S/c1-3-18-23-20(26-21(25-18)28-13-11-27(2)12-14-28)24-19-15-17(9-10-22-19)29-16-7-5-4-6-8-16/h4-10,15H,3,11-14H2,1-2H3,(H,22,23,24,25,26). The summed E-state index contributed by atoms with van der Waals surface area (Å²) in [5.74, 6) is 2.79. The van der Waals surface area contributed by atoms with E-state index in [0.717, 1.165) is 55.1 Å². The van der Waals surface area contributed by atoms with Gasteiger partial charge >= 0.3 is 0 Å². The lowest BCUT2D eigenvalue weighted by molar-refractivity contribution is 0.311. The average molecular weight is 408 g/mol. The molecule has 1 aromatic carbocycles. The molecule has 3 heterocycles. The number of nitrogens with one attached hydrogen (secondary N) is 1. The number of likely N-dealkylation sites (N-methyl/N-ethyl adjacent to an activating group) is 1. The lowest BCUT2D eigenvalue weighted by Crippen LogP contribution is -2.45. The van der Waals surface area contributed by atoms with Crippen LogP contribution in [-0.2, 0) is 6.42 Å². The molecule has 3 aromatic rings. The number of hydrogen-bond donors (Lipinski definition) is 1. The summed E-state index contributed by atoms with van der Waals surface area (Å²) in [4.78, 5) is 25.1. The van der Waals surface area contributed by atoms with Crippen LogP contribution in [0.4, 0.5) is 17.7 Å². The van der Waals surface area contributed by atoms with E-state index in [2.05, 4.69) is 61.2 Å². The van der Waals surface area contributed by atoms with E-state index in [0.29, 0.717) is 5.95 Å². The van der Waals surface area contributed by atoms with E-state index >= 15 is 0 Å². The van der Waals surface area contributed by atoms with Gasteiger partial charge in [-0.2, -0.15) is 15.0 Å². The highest BCUT2D eigenvalue weighted by Crippen LogP contribution is 2.28. The van der Waals surface area contributed by atoms with Gasteiger partial charge < -0.3 is 15.1 Å². The first-order valence-electron chi connectivity index (χ1n) is 9.84. The normalized spacial score (nSPS) is 14.8. The van der Waals surface area contributed by atoms with Crippen LogP contribution in [-0.4, -0.2) is 58.1 Å². The number of aromatic nitrogens is 4. The van der Waals surface area contributed by atoms with Gasteiger partial charge in [0.2, 0.25) is 11.9 Å². The monoisotopic (exact) mass is 407 g/mol. The third-order valence-electron chi connectivity index (χ3n) is 4.72. The fourth-order valence-electron chi connectivity index (χ4n) is 3.05. The van der Waals surface area contributed by atoms with Crippen molar-refractivity contribution in [2.75, 3.05) is 43.4 Å². The summed E-state index contributed by atoms with van der Waals surface area (Å²) >= 11 is 1.70. The highest BCUT2D eigenvalue weighted by atomic mass is 32.2. The van der Waals surface area contributed by atoms with Crippen molar-refractivity contribution < 1.29 is 0 Å². The molecular formula is C21H25N7S. The molecule has 0 amide bonds. The molecule has 150 valence electrons. The minimum absolute atomic E-state index is 0.542. The number of aryl methyl sites for hydroxylation is 1. The lowest BCUT2D eigenvalue weighted by atomic mass is 10.3. The molecule has 0 radical (unpaired) electrons. The maximum absolute atomic E-state index is 4.67. The first kappa shape index (κ1) is 19.6. The van der Waals surface area contributed by atoms with Gasteiger partial charge in [-0.3, -0.25) is 0 Å². The van der Waals surface area contributed by atoms with Gasteiger partial charge in [-0.15, -0.1) is 0 Å². The summed E-state index contributed by atoms with van der Waals surface area (Å²) < 4.78 is 0. The van der Waals surface area contributed by atoms with Gasteiger partial charge in [0.25, 0.3) is 0 Å². The number of hydrogen-bond acceptors (Lipinski definition) is 8. The van der Waals surface area contributed by atoms with Crippen LogP contribution in [0, 0.1) is 0 Å². The van der Waals surface area contributed by atoms with Crippen LogP contribution in [0.15, 0.2) is 58.5 Å². The molecule has 0 spiro atoms. The van der Waals surface area contributed by atoms with Crippen molar-refractivity contribution in [2.24, 2.45) is 0 Å². The Morgan fingerprint density at radius 1 is 0.966 bits per heavy atom. The van der Waals surface area contributed by atoms with E-state index in [1.807, 2.05) is 30.3 Å². The number of anilines is 3. The van der Waals surface area contributed by atoms with Crippen molar-refractivity contribution in [3.05, 3.63) is 54.5 Å². The highest BCUT2D eigenvalue weighted by molar-refractivity contribution is 7.99. The number of piperazine rings is 1. The Labute approximate surface area is 175 Å². The van der Waals surface area contributed by atoms with E-state index in [1.165, 1.54) is 4.90 Å². The molecule has 0 saturated carbocycles. The third-order valence-corrected chi connectivity index (χ3v) is 5.72. The van der Waals surface area contributed by atoms with E-state index in [1.54, 1.807) is 18.0 Å². The second-order valence-corrected chi connectivity index (χ2v) is 8.08. The number of nitrogens with zero attached hydrogens (tertiary/aromatic N) is 6. The van der Waals surface area contributed by atoms with Crippen molar-refractivity contribution in [3.8, 4) is 0 Å². The van der Waals surface area contributed by atoms with Crippen molar-refractivity contribution >= 4 is 29.5 Å². The van der Waals surface area contributed by atoms with Crippen molar-refractivity contribution in [1.29, 1.82) is 0 Å². The van der Waals surface area contributed by atoms with Crippen molar-refractivity contribution in [1.82, 2.24) is 24.8 Å². The molecule has 1 fully saturated rings. The minimum atomic E-state index is 0.542. The van der Waals surface area contributed by atoms with Crippen LogP contribution < -0.4 is 10.2 Å². The molecule has 0 bridgehead atoms. The lowest BCUT2D eigenvalue weighted by Gasteiger charge is -2.32. The average Bonchev–Trinajstić information content (AvgIpc) is 2.75. The summed E-state index contributed by atoms with van der Waals surface area (Å²) in [6, 6.07) is 14.3. The predicted octanol–water partition coefficient (Wildman–Crippen LogP) is 3.48. The molecule has 0 aliphatic carbocycles. The first-order valence-corrected chi connectivity index (χ1v) is 10.7. The van der Waals surface area contributed by atoms with Gasteiger partial charge in [0, 0.05) is 48.6 Å². The molecule has 4 rings (SSSR count). The van der Waals surface area contributed by atoms with Gasteiger partial charge in [-0.1, -0.05) is 36.9 Å². The zero-order valence-electron chi connectivity index (χ0n) is 16.7. The topological polar surface area (TPSA) is 70.1 Å². The van der Waals surface area contributed by atoms with Gasteiger partial charge in [0.1, 0.15) is 11.6 Å². The van der Waals surface area contributed by atoms with E-state index in [4.69, 9.17) is 0 Å². The molecule has 1 aliphatic heterocycles. The van der Waals surface area contributed by atoms with E-state index in [-0.39, 0.29) is 0 Å². The smallest absolute Gasteiger partial charge is 0.233 e. The Morgan fingerprint density at radius 2 is 1.76 bits per heavy atom. The number of pyridine rings is 1. The summed E-state index contributed by atoms with van der Waals surface area (Å²) in [6.07, 6.45) is 2.56. The van der Waals surface area contributed by atoms with Crippen molar-refractivity contribution in [3.63, 3.8) is 0 Å². The number of rotatable bonds is 6. The van der Waals surface area contributed by atoms with Crippen molar-refractivity contribution in [2.45, 2.75) is 23.1 Å². The zero-order chi connectivity index (χ0) is 20.1. The molecule has 8 heteroatoms. The van der Waals surface area contributed by atoms with Crippen LogP contribution in [0.2, 0.25) is 0 Å².